The number of methoxy groups -OCH3 is 1. The summed E-state index contributed by atoms with van der Waals surface area (Å²) >= 11 is 0. The number of fused-ring (bicyclic) bond motifs is 1. The second kappa shape index (κ2) is 7.31. The van der Waals surface area contributed by atoms with E-state index in [1.807, 2.05) is 18.2 Å². The molecule has 3 N–H and O–H groups in total. The van der Waals surface area contributed by atoms with E-state index < -0.39 is 0 Å². The van der Waals surface area contributed by atoms with E-state index in [-0.39, 0.29) is 17.9 Å². The maximum absolute atomic E-state index is 12.1. The summed E-state index contributed by atoms with van der Waals surface area (Å²) in [5.41, 5.74) is 1.56. The van der Waals surface area contributed by atoms with E-state index in [0.717, 1.165) is 10.9 Å². The molecule has 1 fully saturated rings. The van der Waals surface area contributed by atoms with Crippen LogP contribution in [0.4, 0.5) is 10.5 Å². The van der Waals surface area contributed by atoms with E-state index in [2.05, 4.69) is 20.8 Å². The maximum Gasteiger partial charge on any atom is 0.319 e. The van der Waals surface area contributed by atoms with Crippen LogP contribution in [0.1, 0.15) is 6.42 Å². The number of rotatable bonds is 6. The van der Waals surface area contributed by atoms with Gasteiger partial charge in [-0.25, -0.2) is 4.79 Å². The highest BCUT2D eigenvalue weighted by molar-refractivity contribution is 6.00. The molecule has 0 bridgehead atoms. The van der Waals surface area contributed by atoms with E-state index in [0.29, 0.717) is 38.3 Å². The molecule has 1 aliphatic heterocycles. The van der Waals surface area contributed by atoms with Crippen molar-refractivity contribution >= 4 is 28.5 Å². The molecule has 8 nitrogen and oxygen atoms in total. The highest BCUT2D eigenvalue weighted by Gasteiger charge is 2.29. The van der Waals surface area contributed by atoms with Crippen LogP contribution in [0.5, 0.6) is 0 Å². The van der Waals surface area contributed by atoms with Gasteiger partial charge in [0, 0.05) is 44.5 Å². The molecule has 128 valence electrons. The van der Waals surface area contributed by atoms with Crippen LogP contribution >= 0.6 is 0 Å². The van der Waals surface area contributed by atoms with Crippen LogP contribution in [-0.2, 0) is 9.53 Å². The summed E-state index contributed by atoms with van der Waals surface area (Å²) in [5.74, 6) is 0.243. The number of carbonyl (C=O) groups excluding carboxylic acids is 2. The number of likely N-dealkylation sites (tertiary alicyclic amines) is 1. The van der Waals surface area contributed by atoms with Crippen LogP contribution in [0.3, 0.4) is 0 Å². The zero-order valence-corrected chi connectivity index (χ0v) is 13.5. The minimum atomic E-state index is -0.286. The molecule has 2 heterocycles. The first-order valence-corrected chi connectivity index (χ1v) is 7.91. The molecule has 3 amide bonds. The fraction of sp³-hybridized carbons (Fsp3) is 0.438. The lowest BCUT2D eigenvalue weighted by Gasteiger charge is -2.16. The van der Waals surface area contributed by atoms with Crippen LogP contribution in [0.2, 0.25) is 0 Å². The van der Waals surface area contributed by atoms with Crippen LogP contribution in [0.25, 0.3) is 10.9 Å². The molecule has 3 rings (SSSR count). The van der Waals surface area contributed by atoms with Crippen LogP contribution < -0.4 is 10.6 Å². The zero-order chi connectivity index (χ0) is 16.9. The number of nitrogens with zero attached hydrogens (tertiary/aromatic N) is 2. The summed E-state index contributed by atoms with van der Waals surface area (Å²) in [6.07, 6.45) is 2.13. The average Bonchev–Trinajstić information content (AvgIpc) is 3.18. The van der Waals surface area contributed by atoms with Crippen molar-refractivity contribution in [3.8, 4) is 0 Å². The Morgan fingerprint density at radius 1 is 1.50 bits per heavy atom. The topological polar surface area (TPSA) is 99.3 Å². The van der Waals surface area contributed by atoms with E-state index in [9.17, 15) is 9.59 Å². The van der Waals surface area contributed by atoms with Crippen molar-refractivity contribution < 1.29 is 14.3 Å². The van der Waals surface area contributed by atoms with Gasteiger partial charge in [0.25, 0.3) is 0 Å². The standard InChI is InChI=1S/C16H21N5O3/c1-24-6-5-21-10-11(7-15(21)22)8-17-16(23)19-13-3-2-4-14-12(13)9-18-20-14/h2-4,9,11H,5-8,10H2,1H3,(H,18,20)(H2,17,19,23)/t11-/m1/s1. The predicted octanol–water partition coefficient (Wildman–Crippen LogP) is 1.18. The number of amides is 3. The van der Waals surface area contributed by atoms with Crippen molar-refractivity contribution in [2.75, 3.05) is 38.7 Å². The van der Waals surface area contributed by atoms with Gasteiger partial charge in [-0.3, -0.25) is 9.89 Å². The lowest BCUT2D eigenvalue weighted by atomic mass is 10.1. The largest absolute Gasteiger partial charge is 0.383 e. The molecule has 1 saturated heterocycles. The van der Waals surface area contributed by atoms with E-state index in [1.54, 1.807) is 18.2 Å². The third-order valence-corrected chi connectivity index (χ3v) is 4.14. The molecule has 0 unspecified atom stereocenters. The highest BCUT2D eigenvalue weighted by atomic mass is 16.5. The quantitative estimate of drug-likeness (QED) is 0.740. The number of H-pyrrole nitrogens is 1. The molecule has 0 aliphatic carbocycles. The Morgan fingerprint density at radius 3 is 3.21 bits per heavy atom. The van der Waals surface area contributed by atoms with Crippen molar-refractivity contribution in [3.63, 3.8) is 0 Å². The van der Waals surface area contributed by atoms with Crippen molar-refractivity contribution in [1.82, 2.24) is 20.4 Å². The van der Waals surface area contributed by atoms with Gasteiger partial charge in [0.1, 0.15) is 0 Å². The minimum absolute atomic E-state index is 0.113. The first-order chi connectivity index (χ1) is 11.7. The molecular formula is C16H21N5O3. The molecule has 0 radical (unpaired) electrons. The molecule has 2 aromatic rings. The minimum Gasteiger partial charge on any atom is -0.383 e. The van der Waals surface area contributed by atoms with Gasteiger partial charge in [-0.1, -0.05) is 6.07 Å². The van der Waals surface area contributed by atoms with Gasteiger partial charge in [-0.05, 0) is 12.1 Å². The van der Waals surface area contributed by atoms with Gasteiger partial charge in [0.2, 0.25) is 5.91 Å². The van der Waals surface area contributed by atoms with Gasteiger partial charge in [-0.2, -0.15) is 5.10 Å². The van der Waals surface area contributed by atoms with Crippen molar-refractivity contribution in [2.45, 2.75) is 6.42 Å². The number of benzene rings is 1. The number of hydrogen-bond donors (Lipinski definition) is 3. The highest BCUT2D eigenvalue weighted by Crippen LogP contribution is 2.21. The summed E-state index contributed by atoms with van der Waals surface area (Å²) < 4.78 is 5.00. The summed E-state index contributed by atoms with van der Waals surface area (Å²) in [4.78, 5) is 25.8. The summed E-state index contributed by atoms with van der Waals surface area (Å²) in [6.45, 7) is 2.24. The van der Waals surface area contributed by atoms with Crippen LogP contribution in [0.15, 0.2) is 24.4 Å². The molecule has 1 aromatic carbocycles. The monoisotopic (exact) mass is 331 g/mol. The van der Waals surface area contributed by atoms with Crippen LogP contribution in [0, 0.1) is 5.92 Å². The molecule has 1 atom stereocenters. The number of anilines is 1. The number of carbonyl (C=O) groups is 2. The second-order valence-electron chi connectivity index (χ2n) is 5.87. The summed E-state index contributed by atoms with van der Waals surface area (Å²) in [7, 11) is 1.62. The third-order valence-electron chi connectivity index (χ3n) is 4.14. The van der Waals surface area contributed by atoms with E-state index in [1.165, 1.54) is 0 Å². The molecule has 24 heavy (non-hydrogen) atoms. The first kappa shape index (κ1) is 16.3. The number of aromatic amines is 1. The normalized spacial score (nSPS) is 17.5. The summed E-state index contributed by atoms with van der Waals surface area (Å²) in [5, 5.41) is 13.3. The molecule has 1 aromatic heterocycles. The van der Waals surface area contributed by atoms with Gasteiger partial charge < -0.3 is 20.3 Å². The third kappa shape index (κ3) is 3.65. The lowest BCUT2D eigenvalue weighted by Crippen LogP contribution is -2.34. The van der Waals surface area contributed by atoms with Crippen molar-refractivity contribution in [2.24, 2.45) is 5.92 Å². The predicted molar refractivity (Wildman–Crippen MR) is 89.7 cm³/mol. The van der Waals surface area contributed by atoms with Crippen LogP contribution in [-0.4, -0.2) is 60.4 Å². The molecule has 1 aliphatic rings. The number of nitrogens with one attached hydrogen (secondary N) is 3. The Kier molecular flexibility index (Phi) is 4.95. The fourth-order valence-corrected chi connectivity index (χ4v) is 2.89. The number of hydrogen-bond acceptors (Lipinski definition) is 4. The smallest absolute Gasteiger partial charge is 0.319 e. The van der Waals surface area contributed by atoms with Crippen molar-refractivity contribution in [1.29, 1.82) is 0 Å². The summed E-state index contributed by atoms with van der Waals surface area (Å²) in [6, 6.07) is 5.28. The van der Waals surface area contributed by atoms with E-state index in [4.69, 9.17) is 4.74 Å². The Hall–Kier alpha value is -2.61. The molecule has 8 heteroatoms. The van der Waals surface area contributed by atoms with Crippen molar-refractivity contribution in [3.05, 3.63) is 24.4 Å². The fourth-order valence-electron chi connectivity index (χ4n) is 2.89. The van der Waals surface area contributed by atoms with Gasteiger partial charge >= 0.3 is 6.03 Å². The number of urea groups is 1. The Morgan fingerprint density at radius 2 is 2.38 bits per heavy atom. The van der Waals surface area contributed by atoms with Gasteiger partial charge in [0.05, 0.1) is 24.0 Å². The molecular weight excluding hydrogens is 310 g/mol. The second-order valence-corrected chi connectivity index (χ2v) is 5.87. The number of aromatic nitrogens is 2. The Balaban J connectivity index is 1.49. The molecule has 0 spiro atoms. The maximum atomic E-state index is 12.1. The van der Waals surface area contributed by atoms with Gasteiger partial charge in [-0.15, -0.1) is 0 Å². The zero-order valence-electron chi connectivity index (χ0n) is 13.5. The lowest BCUT2D eigenvalue weighted by molar-refractivity contribution is -0.128. The Labute approximate surface area is 139 Å². The van der Waals surface area contributed by atoms with Gasteiger partial charge in [0.15, 0.2) is 0 Å². The Bertz CT molecular complexity index is 729. The average molecular weight is 331 g/mol. The van der Waals surface area contributed by atoms with E-state index >= 15 is 0 Å². The SMILES string of the molecule is COCCN1C[C@@H](CNC(=O)Nc2cccc3[nH]ncc23)CC1=O. The first-order valence-electron chi connectivity index (χ1n) is 7.91. The molecule has 0 saturated carbocycles. The number of ether oxygens (including phenoxy) is 1.